The maximum Gasteiger partial charge on any atom is 0.322 e. The molecule has 1 atom stereocenters. The molecule has 144 valence electrons. The summed E-state index contributed by atoms with van der Waals surface area (Å²) in [5, 5.41) is 3.39. The quantitative estimate of drug-likeness (QED) is 0.840. The Hall–Kier alpha value is -2.54. The number of rotatable bonds is 5. The second-order valence-electron chi connectivity index (χ2n) is 6.33. The number of carbonyl (C=O) groups excluding carboxylic acids is 1. The van der Waals surface area contributed by atoms with Gasteiger partial charge in [0.15, 0.2) is 0 Å². The van der Waals surface area contributed by atoms with E-state index in [1.165, 1.54) is 0 Å². The van der Waals surface area contributed by atoms with Crippen molar-refractivity contribution >= 4 is 23.3 Å². The average molecular weight is 391 g/mol. The second kappa shape index (κ2) is 8.90. The number of nitrogens with one attached hydrogen (secondary N) is 1. The van der Waals surface area contributed by atoms with E-state index in [2.05, 4.69) is 15.3 Å². The number of hydrogen-bond donors (Lipinski definition) is 1. The van der Waals surface area contributed by atoms with Crippen LogP contribution < -0.4 is 14.8 Å². The lowest BCUT2D eigenvalue weighted by atomic mass is 10.1. The van der Waals surface area contributed by atoms with Crippen LogP contribution >= 0.6 is 11.6 Å². The van der Waals surface area contributed by atoms with Gasteiger partial charge in [-0.2, -0.15) is 0 Å². The molecule has 0 aliphatic carbocycles. The highest BCUT2D eigenvalue weighted by Crippen LogP contribution is 2.28. The van der Waals surface area contributed by atoms with E-state index in [0.29, 0.717) is 35.6 Å². The fourth-order valence-corrected chi connectivity index (χ4v) is 3.10. The minimum Gasteiger partial charge on any atom is -0.495 e. The number of ether oxygens (including phenoxy) is 2. The van der Waals surface area contributed by atoms with Crippen molar-refractivity contribution in [3.63, 3.8) is 0 Å². The number of aromatic nitrogens is 2. The van der Waals surface area contributed by atoms with E-state index >= 15 is 0 Å². The summed E-state index contributed by atoms with van der Waals surface area (Å²) in [6, 6.07) is 5.23. The Morgan fingerprint density at radius 1 is 1.37 bits per heavy atom. The van der Waals surface area contributed by atoms with Crippen molar-refractivity contribution in [2.24, 2.45) is 0 Å². The minimum atomic E-state index is -0.217. The molecule has 27 heavy (non-hydrogen) atoms. The van der Waals surface area contributed by atoms with Gasteiger partial charge in [0, 0.05) is 24.0 Å². The molecule has 7 nitrogen and oxygen atoms in total. The molecule has 8 heteroatoms. The summed E-state index contributed by atoms with van der Waals surface area (Å²) in [5.41, 5.74) is 1.60. The second-order valence-corrected chi connectivity index (χ2v) is 6.77. The number of likely N-dealkylation sites (tertiary alicyclic amines) is 1. The monoisotopic (exact) mass is 390 g/mol. The van der Waals surface area contributed by atoms with Crippen LogP contribution in [-0.4, -0.2) is 47.2 Å². The highest BCUT2D eigenvalue weighted by Gasteiger charge is 2.26. The molecular formula is C19H23ClN4O3. The van der Waals surface area contributed by atoms with Crippen molar-refractivity contribution < 1.29 is 14.3 Å². The van der Waals surface area contributed by atoms with Crippen LogP contribution in [0.4, 0.5) is 10.5 Å². The van der Waals surface area contributed by atoms with Gasteiger partial charge in [-0.3, -0.25) is 0 Å². The molecule has 1 fully saturated rings. The van der Waals surface area contributed by atoms with E-state index in [9.17, 15) is 4.79 Å². The number of hydrogen-bond acceptors (Lipinski definition) is 5. The molecule has 1 aliphatic heterocycles. The molecule has 1 N–H and O–H groups in total. The average Bonchev–Trinajstić information content (AvgIpc) is 2.69. The lowest BCUT2D eigenvalue weighted by molar-refractivity contribution is 0.0982. The van der Waals surface area contributed by atoms with Gasteiger partial charge in [-0.05, 0) is 43.0 Å². The summed E-state index contributed by atoms with van der Waals surface area (Å²) in [6.45, 7) is 3.17. The molecule has 0 bridgehead atoms. The maximum absolute atomic E-state index is 12.7. The minimum absolute atomic E-state index is 0.141. The zero-order valence-electron chi connectivity index (χ0n) is 15.4. The van der Waals surface area contributed by atoms with Crippen LogP contribution in [0.25, 0.3) is 0 Å². The zero-order valence-corrected chi connectivity index (χ0v) is 16.2. The summed E-state index contributed by atoms with van der Waals surface area (Å²) in [7, 11) is 1.55. The van der Waals surface area contributed by atoms with E-state index in [1.807, 2.05) is 6.92 Å². The van der Waals surface area contributed by atoms with Crippen LogP contribution in [0.5, 0.6) is 11.8 Å². The topological polar surface area (TPSA) is 76.6 Å². The van der Waals surface area contributed by atoms with Gasteiger partial charge in [0.2, 0.25) is 0 Å². The van der Waals surface area contributed by atoms with Gasteiger partial charge < -0.3 is 19.7 Å². The number of methoxy groups -OCH3 is 1. The van der Waals surface area contributed by atoms with Gasteiger partial charge in [-0.1, -0.05) is 18.5 Å². The van der Waals surface area contributed by atoms with E-state index < -0.39 is 0 Å². The molecule has 0 spiro atoms. The van der Waals surface area contributed by atoms with Crippen LogP contribution in [0.3, 0.4) is 0 Å². The summed E-state index contributed by atoms with van der Waals surface area (Å²) in [6.07, 6.45) is 5.96. The Kier molecular flexibility index (Phi) is 6.34. The Bertz CT molecular complexity index is 785. The molecule has 2 aromatic rings. The predicted molar refractivity (Wildman–Crippen MR) is 104 cm³/mol. The molecule has 0 radical (unpaired) electrons. The summed E-state index contributed by atoms with van der Waals surface area (Å²) in [4.78, 5) is 22.8. The fourth-order valence-electron chi connectivity index (χ4n) is 2.93. The number of urea groups is 1. The largest absolute Gasteiger partial charge is 0.495 e. The lowest BCUT2D eigenvalue weighted by Gasteiger charge is -2.32. The third-order valence-electron chi connectivity index (χ3n) is 4.43. The Balaban J connectivity index is 1.61. The Labute approximate surface area is 163 Å². The van der Waals surface area contributed by atoms with Gasteiger partial charge >= 0.3 is 12.0 Å². The third kappa shape index (κ3) is 5.01. The number of halogens is 1. The molecule has 2 heterocycles. The van der Waals surface area contributed by atoms with Crippen LogP contribution in [0.1, 0.15) is 25.3 Å². The number of piperidine rings is 1. The predicted octanol–water partition coefficient (Wildman–Crippen LogP) is 3.78. The number of carbonyl (C=O) groups is 1. The molecular weight excluding hydrogens is 368 g/mol. The first-order valence-electron chi connectivity index (χ1n) is 8.96. The smallest absolute Gasteiger partial charge is 0.322 e. The molecule has 1 aromatic carbocycles. The van der Waals surface area contributed by atoms with E-state index in [1.54, 1.807) is 42.6 Å². The van der Waals surface area contributed by atoms with E-state index in [-0.39, 0.29) is 12.1 Å². The van der Waals surface area contributed by atoms with Crippen molar-refractivity contribution in [3.05, 3.63) is 41.2 Å². The normalized spacial score (nSPS) is 16.7. The molecule has 1 saturated heterocycles. The standard InChI is InChI=1S/C19H23ClN4O3/c1-3-13-10-21-18(22-11-13)27-15-5-4-8-24(12-15)19(25)23-16-9-14(20)6-7-17(16)26-2/h6-7,9-11,15H,3-5,8,12H2,1-2H3,(H,23,25). The molecule has 1 aromatic heterocycles. The summed E-state index contributed by atoms with van der Waals surface area (Å²) < 4.78 is 11.1. The number of amides is 2. The fraction of sp³-hybridized carbons (Fsp3) is 0.421. The Morgan fingerprint density at radius 3 is 2.85 bits per heavy atom. The molecule has 1 unspecified atom stereocenters. The number of benzene rings is 1. The van der Waals surface area contributed by atoms with Crippen molar-refractivity contribution in [2.75, 3.05) is 25.5 Å². The zero-order chi connectivity index (χ0) is 19.2. The van der Waals surface area contributed by atoms with Gasteiger partial charge in [0.05, 0.1) is 19.3 Å². The Morgan fingerprint density at radius 2 is 2.15 bits per heavy atom. The SMILES string of the molecule is CCc1cnc(OC2CCCN(C(=O)Nc3cc(Cl)ccc3OC)C2)nc1. The van der Waals surface area contributed by atoms with Crippen LogP contribution in [0, 0.1) is 0 Å². The van der Waals surface area contributed by atoms with Crippen LogP contribution in [-0.2, 0) is 6.42 Å². The third-order valence-corrected chi connectivity index (χ3v) is 4.67. The van der Waals surface area contributed by atoms with Gasteiger partial charge in [0.25, 0.3) is 0 Å². The molecule has 3 rings (SSSR count). The van der Waals surface area contributed by atoms with Crippen LogP contribution in [0.2, 0.25) is 5.02 Å². The first-order chi connectivity index (χ1) is 13.1. The van der Waals surface area contributed by atoms with Gasteiger partial charge in [-0.25, -0.2) is 14.8 Å². The first kappa shape index (κ1) is 19.2. The summed E-state index contributed by atoms with van der Waals surface area (Å²) in [5.74, 6) is 0.557. The highest BCUT2D eigenvalue weighted by atomic mass is 35.5. The van der Waals surface area contributed by atoms with E-state index in [4.69, 9.17) is 21.1 Å². The van der Waals surface area contributed by atoms with Crippen molar-refractivity contribution in [3.8, 4) is 11.8 Å². The molecule has 0 saturated carbocycles. The molecule has 2 amide bonds. The first-order valence-corrected chi connectivity index (χ1v) is 9.34. The van der Waals surface area contributed by atoms with Crippen molar-refractivity contribution in [1.29, 1.82) is 0 Å². The van der Waals surface area contributed by atoms with Crippen molar-refractivity contribution in [2.45, 2.75) is 32.3 Å². The lowest BCUT2D eigenvalue weighted by Crippen LogP contribution is -2.46. The number of nitrogens with zero attached hydrogens (tertiary/aromatic N) is 3. The summed E-state index contributed by atoms with van der Waals surface area (Å²) >= 11 is 6.02. The van der Waals surface area contributed by atoms with E-state index in [0.717, 1.165) is 24.8 Å². The van der Waals surface area contributed by atoms with Crippen molar-refractivity contribution in [1.82, 2.24) is 14.9 Å². The van der Waals surface area contributed by atoms with Gasteiger partial charge in [-0.15, -0.1) is 0 Å². The van der Waals surface area contributed by atoms with Gasteiger partial charge in [0.1, 0.15) is 11.9 Å². The van der Waals surface area contributed by atoms with Crippen LogP contribution in [0.15, 0.2) is 30.6 Å². The number of aryl methyl sites for hydroxylation is 1. The highest BCUT2D eigenvalue weighted by molar-refractivity contribution is 6.31. The number of anilines is 1. The molecule has 1 aliphatic rings. The maximum atomic E-state index is 12.7.